The third-order valence-electron chi connectivity index (χ3n) is 8.04. The van der Waals surface area contributed by atoms with Gasteiger partial charge in [-0.1, -0.05) is 44.9 Å². The van der Waals surface area contributed by atoms with Crippen molar-refractivity contribution in [3.8, 4) is 5.75 Å². The van der Waals surface area contributed by atoms with Crippen molar-refractivity contribution in [3.63, 3.8) is 0 Å². The largest absolute Gasteiger partial charge is 0.493 e. The van der Waals surface area contributed by atoms with Gasteiger partial charge in [-0.3, -0.25) is 14.5 Å². The number of hydrogen-bond acceptors (Lipinski definition) is 5. The molecule has 2 aromatic rings. The molecule has 1 unspecified atom stereocenters. The van der Waals surface area contributed by atoms with Gasteiger partial charge < -0.3 is 14.7 Å². The Kier molecular flexibility index (Phi) is 11.1. The van der Waals surface area contributed by atoms with Crippen LogP contribution < -0.4 is 9.64 Å². The molecule has 0 aromatic heterocycles. The zero-order chi connectivity index (χ0) is 33.8. The van der Waals surface area contributed by atoms with E-state index in [-0.39, 0.29) is 48.8 Å². The minimum absolute atomic E-state index is 0.0465. The summed E-state index contributed by atoms with van der Waals surface area (Å²) in [7, 11) is 3.80. The van der Waals surface area contributed by atoms with Crippen molar-refractivity contribution in [1.82, 2.24) is 4.90 Å². The maximum Gasteiger partial charge on any atom is 0.430 e. The van der Waals surface area contributed by atoms with E-state index >= 15 is 0 Å². The van der Waals surface area contributed by atoms with E-state index in [1.807, 2.05) is 43.3 Å². The summed E-state index contributed by atoms with van der Waals surface area (Å²) in [5.41, 5.74) is -5.42. The van der Waals surface area contributed by atoms with Gasteiger partial charge in [-0.2, -0.15) is 26.3 Å². The minimum Gasteiger partial charge on any atom is -0.493 e. The third kappa shape index (κ3) is 7.31. The van der Waals surface area contributed by atoms with Crippen LogP contribution in [0.15, 0.2) is 48.6 Å². The summed E-state index contributed by atoms with van der Waals surface area (Å²) in [5.74, 6) is -0.631. The van der Waals surface area contributed by atoms with Crippen LogP contribution in [0.3, 0.4) is 0 Å². The predicted octanol–water partition coefficient (Wildman–Crippen LogP) is 7.01. The number of imide groups is 1. The van der Waals surface area contributed by atoms with Crippen LogP contribution in [0, 0.1) is 0 Å². The summed E-state index contributed by atoms with van der Waals surface area (Å²) in [4.78, 5) is 29.2. The summed E-state index contributed by atoms with van der Waals surface area (Å²) in [6.07, 6.45) is -7.25. The van der Waals surface area contributed by atoms with Gasteiger partial charge in [-0.05, 0) is 73.6 Å². The van der Waals surface area contributed by atoms with E-state index in [1.165, 1.54) is 11.0 Å². The molecule has 6 nitrogen and oxygen atoms in total. The summed E-state index contributed by atoms with van der Waals surface area (Å²) in [5, 5.41) is 10.0. The topological polar surface area (TPSA) is 70.1 Å². The molecule has 0 radical (unpaired) electrons. The number of carbonyl (C=O) groups is 2. The van der Waals surface area contributed by atoms with Crippen LogP contribution >= 0.6 is 0 Å². The molecule has 248 valence electrons. The molecule has 1 aliphatic rings. The van der Waals surface area contributed by atoms with Gasteiger partial charge >= 0.3 is 12.4 Å². The summed E-state index contributed by atoms with van der Waals surface area (Å²) >= 11 is 0. The molecule has 12 heteroatoms. The fraction of sp³-hybridized carbons (Fsp3) is 0.515. The number of benzene rings is 2. The highest BCUT2D eigenvalue weighted by Gasteiger charge is 2.71. The monoisotopic (exact) mass is 642 g/mol. The summed E-state index contributed by atoms with van der Waals surface area (Å²) in [6.45, 7) is 5.34. The number of carbonyl (C=O) groups excluding carboxylic acids is 2. The molecular formula is C33H40F6N2O4. The molecule has 2 aromatic carbocycles. The molecule has 0 fully saturated rings. The van der Waals surface area contributed by atoms with Crippen LogP contribution in [0.25, 0.3) is 0 Å². The fourth-order valence-electron chi connectivity index (χ4n) is 5.41. The fourth-order valence-corrected chi connectivity index (χ4v) is 5.41. The van der Waals surface area contributed by atoms with Crippen LogP contribution in [0.4, 0.5) is 32.0 Å². The molecule has 0 saturated heterocycles. The van der Waals surface area contributed by atoms with Crippen molar-refractivity contribution < 1.29 is 45.8 Å². The van der Waals surface area contributed by atoms with Crippen molar-refractivity contribution in [3.05, 3.63) is 70.8 Å². The number of alkyl halides is 6. The van der Waals surface area contributed by atoms with Crippen LogP contribution in [0.5, 0.6) is 5.75 Å². The zero-order valence-electron chi connectivity index (χ0n) is 26.1. The van der Waals surface area contributed by atoms with E-state index in [0.717, 1.165) is 23.4 Å². The Morgan fingerprint density at radius 3 is 1.89 bits per heavy atom. The average molecular weight is 643 g/mol. The highest BCUT2D eigenvalue weighted by molar-refractivity contribution is 6.09. The lowest BCUT2D eigenvalue weighted by atomic mass is 9.78. The molecule has 0 saturated carbocycles. The van der Waals surface area contributed by atoms with E-state index in [2.05, 4.69) is 0 Å². The molecule has 2 amide bonds. The van der Waals surface area contributed by atoms with Crippen molar-refractivity contribution in [2.24, 2.45) is 0 Å². The van der Waals surface area contributed by atoms with Gasteiger partial charge in [0, 0.05) is 38.0 Å². The zero-order valence-corrected chi connectivity index (χ0v) is 26.1. The SMILES string of the molecule is CCCc1cc(C(O)(C(F)(F)F)C(F)(F)F)cc(CCC)c1OCCCCN1C(=O)C=CC(C)(c2ccc(N(C)C)cc2)C1=O. The van der Waals surface area contributed by atoms with E-state index in [0.29, 0.717) is 25.7 Å². The Bertz CT molecular complexity index is 1340. The molecule has 3 rings (SSSR count). The molecule has 0 bridgehead atoms. The molecule has 1 atom stereocenters. The van der Waals surface area contributed by atoms with Crippen molar-refractivity contribution in [1.29, 1.82) is 0 Å². The number of aliphatic hydroxyl groups is 1. The lowest BCUT2D eigenvalue weighted by Gasteiger charge is -2.35. The van der Waals surface area contributed by atoms with E-state index in [1.54, 1.807) is 26.8 Å². The molecule has 1 N–H and O–H groups in total. The first-order valence-electron chi connectivity index (χ1n) is 14.9. The normalized spacial score (nSPS) is 17.6. The number of nitrogens with zero attached hydrogens (tertiary/aromatic N) is 2. The Morgan fingerprint density at radius 1 is 0.889 bits per heavy atom. The van der Waals surface area contributed by atoms with Crippen LogP contribution in [0.1, 0.15) is 68.7 Å². The highest BCUT2D eigenvalue weighted by Crippen LogP contribution is 2.51. The van der Waals surface area contributed by atoms with E-state index < -0.39 is 34.8 Å². The number of anilines is 1. The first-order chi connectivity index (χ1) is 20.9. The smallest absolute Gasteiger partial charge is 0.430 e. The predicted molar refractivity (Wildman–Crippen MR) is 159 cm³/mol. The highest BCUT2D eigenvalue weighted by atomic mass is 19.4. The number of ether oxygens (including phenoxy) is 1. The third-order valence-corrected chi connectivity index (χ3v) is 8.04. The second-order valence-corrected chi connectivity index (χ2v) is 11.7. The van der Waals surface area contributed by atoms with Crippen LogP contribution in [-0.4, -0.2) is 61.4 Å². The van der Waals surface area contributed by atoms with Crippen LogP contribution in [-0.2, 0) is 33.4 Å². The van der Waals surface area contributed by atoms with Gasteiger partial charge in [0.1, 0.15) is 5.75 Å². The first-order valence-corrected chi connectivity index (χ1v) is 14.9. The number of unbranched alkanes of at least 4 members (excludes halogenated alkanes) is 1. The Hall–Kier alpha value is -3.54. The van der Waals surface area contributed by atoms with E-state index in [9.17, 15) is 41.0 Å². The summed E-state index contributed by atoms with van der Waals surface area (Å²) in [6, 6.07) is 8.91. The molecular weight excluding hydrogens is 602 g/mol. The standard InChI is InChI=1S/C33H40F6N2O4/c1-6-10-22-20-25(31(44,32(34,35)36)33(37,38)39)21-23(11-7-2)28(22)45-19-9-8-18-41-27(42)16-17-30(3,29(41)43)24-12-14-26(15-13-24)40(4)5/h12-17,20-21,44H,6-11,18-19H2,1-5H3. The number of rotatable bonds is 13. The number of amides is 2. The molecule has 0 aliphatic carbocycles. The van der Waals surface area contributed by atoms with Crippen LogP contribution in [0.2, 0.25) is 0 Å². The number of aryl methyl sites for hydroxylation is 2. The Morgan fingerprint density at radius 2 is 1.42 bits per heavy atom. The van der Waals surface area contributed by atoms with E-state index in [4.69, 9.17) is 4.74 Å². The van der Waals surface area contributed by atoms with Gasteiger partial charge in [0.05, 0.1) is 12.0 Å². The average Bonchev–Trinajstić information content (AvgIpc) is 2.96. The quantitative estimate of drug-likeness (QED) is 0.145. The van der Waals surface area contributed by atoms with Crippen molar-refractivity contribution in [2.45, 2.75) is 82.7 Å². The second-order valence-electron chi connectivity index (χ2n) is 11.7. The minimum atomic E-state index is -6.00. The van der Waals surface area contributed by atoms with Gasteiger partial charge in [-0.25, -0.2) is 0 Å². The lowest BCUT2D eigenvalue weighted by Crippen LogP contribution is -2.54. The molecule has 1 heterocycles. The van der Waals surface area contributed by atoms with Crippen molar-refractivity contribution in [2.75, 3.05) is 32.1 Å². The lowest BCUT2D eigenvalue weighted by molar-refractivity contribution is -0.376. The molecule has 0 spiro atoms. The number of halogens is 6. The molecule has 45 heavy (non-hydrogen) atoms. The first kappa shape index (κ1) is 35.9. The summed E-state index contributed by atoms with van der Waals surface area (Å²) < 4.78 is 87.8. The Labute approximate surface area is 259 Å². The van der Waals surface area contributed by atoms with Gasteiger partial charge in [0.15, 0.2) is 0 Å². The van der Waals surface area contributed by atoms with Crippen molar-refractivity contribution >= 4 is 17.5 Å². The van der Waals surface area contributed by atoms with Gasteiger partial charge in [0.2, 0.25) is 5.91 Å². The molecule has 1 aliphatic heterocycles. The maximum atomic E-state index is 13.6. The Balaban J connectivity index is 1.77. The second kappa shape index (κ2) is 13.8. The van der Waals surface area contributed by atoms with Gasteiger partial charge in [-0.15, -0.1) is 0 Å². The maximum absolute atomic E-state index is 13.6. The van der Waals surface area contributed by atoms with Gasteiger partial charge in [0.25, 0.3) is 11.5 Å². The number of hydrogen-bond donors (Lipinski definition) is 1.